The van der Waals surface area contributed by atoms with Gasteiger partial charge in [-0.2, -0.15) is 0 Å². The van der Waals surface area contributed by atoms with Crippen molar-refractivity contribution < 1.29 is 0 Å². The summed E-state index contributed by atoms with van der Waals surface area (Å²) in [5, 5.41) is 0. The molecule has 2 aromatic carbocycles. The van der Waals surface area contributed by atoms with E-state index in [1.54, 1.807) is 0 Å². The highest BCUT2D eigenvalue weighted by atomic mass is 15.1. The fourth-order valence-electron chi connectivity index (χ4n) is 3.52. The molecule has 0 spiro atoms. The van der Waals surface area contributed by atoms with Crippen LogP contribution in [-0.2, 0) is 10.8 Å². The highest BCUT2D eigenvalue weighted by Gasteiger charge is 2.25. The number of aryl methyl sites for hydroxylation is 1. The average Bonchev–Trinajstić information content (AvgIpc) is 3.22. The molecular weight excluding hydrogens is 394 g/mol. The zero-order valence-electron chi connectivity index (χ0n) is 20.0. The zero-order chi connectivity index (χ0) is 23.1. The molecule has 0 amide bonds. The number of hydrogen-bond donors (Lipinski definition) is 0. The minimum absolute atomic E-state index is 0.170. The highest BCUT2D eigenvalue weighted by Crippen LogP contribution is 2.29. The van der Waals surface area contributed by atoms with Crippen LogP contribution in [0.4, 0.5) is 0 Å². The van der Waals surface area contributed by atoms with Gasteiger partial charge in [0.15, 0.2) is 5.82 Å². The van der Waals surface area contributed by atoms with E-state index < -0.39 is 0 Å². The summed E-state index contributed by atoms with van der Waals surface area (Å²) in [6.07, 6.45) is 3.84. The summed E-state index contributed by atoms with van der Waals surface area (Å²) in [4.78, 5) is 19.2. The third-order valence-electron chi connectivity index (χ3n) is 5.37. The lowest BCUT2D eigenvalue weighted by molar-refractivity contribution is 0.497. The van der Waals surface area contributed by atoms with Gasteiger partial charge < -0.3 is 0 Å². The number of rotatable bonds is 3. The summed E-state index contributed by atoms with van der Waals surface area (Å²) < 4.78 is 2.13. The van der Waals surface area contributed by atoms with Gasteiger partial charge in [-0.15, -0.1) is 0 Å². The second-order valence-corrected chi connectivity index (χ2v) is 10.3. The third-order valence-corrected chi connectivity index (χ3v) is 5.37. The minimum atomic E-state index is -0.170. The van der Waals surface area contributed by atoms with Crippen molar-refractivity contribution in [2.45, 2.75) is 59.3 Å². The standard InChI is InChI=1S/C27H31N5/c1-18-11-8-9-14-21(18)32-16-15-28-23(32)20-13-10-12-19(17-20)22-29-24(26(2,3)4)31-25(30-22)27(5,6)7/h8-17H,1-7H3. The van der Waals surface area contributed by atoms with E-state index in [1.807, 2.05) is 18.5 Å². The number of imidazole rings is 1. The van der Waals surface area contributed by atoms with Crippen LogP contribution in [0.5, 0.6) is 0 Å². The van der Waals surface area contributed by atoms with E-state index in [0.717, 1.165) is 34.3 Å². The van der Waals surface area contributed by atoms with Crippen LogP contribution in [0.25, 0.3) is 28.5 Å². The summed E-state index contributed by atoms with van der Waals surface area (Å²) in [5.74, 6) is 3.20. The Morgan fingerprint density at radius 1 is 0.719 bits per heavy atom. The Bertz CT molecular complexity index is 1220. The van der Waals surface area contributed by atoms with Crippen molar-refractivity contribution in [1.82, 2.24) is 24.5 Å². The molecule has 4 rings (SSSR count). The molecule has 0 saturated carbocycles. The molecule has 0 fully saturated rings. The third kappa shape index (κ3) is 4.33. The monoisotopic (exact) mass is 425 g/mol. The largest absolute Gasteiger partial charge is 0.300 e. The lowest BCUT2D eigenvalue weighted by atomic mass is 9.93. The van der Waals surface area contributed by atoms with Crippen LogP contribution in [0.2, 0.25) is 0 Å². The Morgan fingerprint density at radius 3 is 1.97 bits per heavy atom. The van der Waals surface area contributed by atoms with E-state index in [4.69, 9.17) is 15.0 Å². The lowest BCUT2D eigenvalue weighted by Gasteiger charge is -2.22. The maximum Gasteiger partial charge on any atom is 0.163 e. The number of para-hydroxylation sites is 1. The van der Waals surface area contributed by atoms with Gasteiger partial charge in [0.25, 0.3) is 0 Å². The summed E-state index contributed by atoms with van der Waals surface area (Å²) in [7, 11) is 0. The quantitative estimate of drug-likeness (QED) is 0.387. The van der Waals surface area contributed by atoms with Crippen LogP contribution in [0.1, 0.15) is 58.8 Å². The van der Waals surface area contributed by atoms with Crippen LogP contribution in [0.3, 0.4) is 0 Å². The first-order valence-corrected chi connectivity index (χ1v) is 11.0. The van der Waals surface area contributed by atoms with Gasteiger partial charge in [0.1, 0.15) is 17.5 Å². The van der Waals surface area contributed by atoms with Crippen molar-refractivity contribution >= 4 is 0 Å². The SMILES string of the molecule is Cc1ccccc1-n1ccnc1-c1cccc(-c2nc(C(C)(C)C)nc(C(C)(C)C)n2)c1. The minimum Gasteiger partial charge on any atom is -0.300 e. The number of nitrogens with zero attached hydrogens (tertiary/aromatic N) is 5. The summed E-state index contributed by atoms with van der Waals surface area (Å²) in [6, 6.07) is 16.6. The maximum atomic E-state index is 4.86. The number of aromatic nitrogens is 5. The fraction of sp³-hybridized carbons (Fsp3) is 0.333. The molecule has 0 aliphatic heterocycles. The van der Waals surface area contributed by atoms with E-state index in [1.165, 1.54) is 5.56 Å². The fourth-order valence-corrected chi connectivity index (χ4v) is 3.52. The Balaban J connectivity index is 1.84. The van der Waals surface area contributed by atoms with E-state index in [0.29, 0.717) is 5.82 Å². The lowest BCUT2D eigenvalue weighted by Crippen LogP contribution is -2.24. The Labute approximate surface area is 190 Å². The van der Waals surface area contributed by atoms with Crippen molar-refractivity contribution in [3.8, 4) is 28.5 Å². The topological polar surface area (TPSA) is 56.5 Å². The van der Waals surface area contributed by atoms with Gasteiger partial charge in [-0.3, -0.25) is 4.57 Å². The van der Waals surface area contributed by atoms with Crippen LogP contribution in [0, 0.1) is 6.92 Å². The van der Waals surface area contributed by atoms with Gasteiger partial charge >= 0.3 is 0 Å². The van der Waals surface area contributed by atoms with E-state index in [9.17, 15) is 0 Å². The summed E-state index contributed by atoms with van der Waals surface area (Å²) in [5.41, 5.74) is 3.96. The molecule has 0 atom stereocenters. The van der Waals surface area contributed by atoms with Gasteiger partial charge in [-0.1, -0.05) is 77.9 Å². The molecule has 32 heavy (non-hydrogen) atoms. The molecule has 2 heterocycles. The van der Waals surface area contributed by atoms with Crippen molar-refractivity contribution in [3.05, 3.63) is 78.1 Å². The van der Waals surface area contributed by atoms with Crippen LogP contribution < -0.4 is 0 Å². The first-order chi connectivity index (χ1) is 15.0. The van der Waals surface area contributed by atoms with E-state index >= 15 is 0 Å². The molecule has 0 saturated heterocycles. The highest BCUT2D eigenvalue weighted by molar-refractivity contribution is 5.68. The second kappa shape index (κ2) is 7.97. The zero-order valence-corrected chi connectivity index (χ0v) is 20.0. The first-order valence-electron chi connectivity index (χ1n) is 11.0. The second-order valence-electron chi connectivity index (χ2n) is 10.3. The molecule has 0 aliphatic carbocycles. The van der Waals surface area contributed by atoms with Gasteiger partial charge in [0, 0.05) is 40.0 Å². The Kier molecular flexibility index (Phi) is 5.45. The molecule has 0 N–H and O–H groups in total. The smallest absolute Gasteiger partial charge is 0.163 e. The molecule has 0 radical (unpaired) electrons. The molecule has 164 valence electrons. The summed E-state index contributed by atoms with van der Waals surface area (Å²) in [6.45, 7) is 14.9. The molecule has 5 nitrogen and oxygen atoms in total. The van der Waals surface area contributed by atoms with Gasteiger partial charge in [-0.05, 0) is 24.6 Å². The molecule has 4 aromatic rings. The van der Waals surface area contributed by atoms with Gasteiger partial charge in [0.2, 0.25) is 0 Å². The molecule has 5 heteroatoms. The van der Waals surface area contributed by atoms with Crippen molar-refractivity contribution in [2.24, 2.45) is 0 Å². The van der Waals surface area contributed by atoms with E-state index in [2.05, 4.69) is 100 Å². The van der Waals surface area contributed by atoms with Gasteiger partial charge in [-0.25, -0.2) is 19.9 Å². The van der Waals surface area contributed by atoms with Crippen molar-refractivity contribution in [3.63, 3.8) is 0 Å². The normalized spacial score (nSPS) is 12.2. The van der Waals surface area contributed by atoms with Crippen LogP contribution >= 0.6 is 0 Å². The average molecular weight is 426 g/mol. The maximum absolute atomic E-state index is 4.86. The number of benzene rings is 2. The van der Waals surface area contributed by atoms with Crippen LogP contribution in [-0.4, -0.2) is 24.5 Å². The predicted octanol–water partition coefficient (Wildman–Crippen LogP) is 6.29. The molecule has 2 aromatic heterocycles. The molecule has 0 bridgehead atoms. The number of hydrogen-bond acceptors (Lipinski definition) is 4. The van der Waals surface area contributed by atoms with Crippen molar-refractivity contribution in [1.29, 1.82) is 0 Å². The Hall–Kier alpha value is -3.34. The molecular formula is C27H31N5. The Morgan fingerprint density at radius 2 is 1.34 bits per heavy atom. The van der Waals surface area contributed by atoms with Crippen LogP contribution in [0.15, 0.2) is 60.9 Å². The first kappa shape index (κ1) is 21.9. The molecule has 0 aliphatic rings. The van der Waals surface area contributed by atoms with E-state index in [-0.39, 0.29) is 10.8 Å². The van der Waals surface area contributed by atoms with Gasteiger partial charge in [0.05, 0.1) is 0 Å². The molecule has 0 unspecified atom stereocenters. The summed E-state index contributed by atoms with van der Waals surface area (Å²) >= 11 is 0. The van der Waals surface area contributed by atoms with Crippen molar-refractivity contribution in [2.75, 3.05) is 0 Å². The predicted molar refractivity (Wildman–Crippen MR) is 130 cm³/mol.